The molecule has 1 aromatic carbocycles. The number of ether oxygens (including phenoxy) is 1. The van der Waals surface area contributed by atoms with Crippen molar-refractivity contribution in [2.75, 3.05) is 6.61 Å². The molecule has 0 spiro atoms. The van der Waals surface area contributed by atoms with Crippen molar-refractivity contribution in [3.63, 3.8) is 0 Å². The summed E-state index contributed by atoms with van der Waals surface area (Å²) in [6.07, 6.45) is 1.54. The van der Waals surface area contributed by atoms with Gasteiger partial charge in [0.15, 0.2) is 6.61 Å². The highest BCUT2D eigenvalue weighted by Gasteiger charge is 2.06. The van der Waals surface area contributed by atoms with Crippen LogP contribution in [0, 0.1) is 0 Å². The highest BCUT2D eigenvalue weighted by Crippen LogP contribution is 2.27. The summed E-state index contributed by atoms with van der Waals surface area (Å²) in [6.45, 7) is 1.57. The molecule has 1 N–H and O–H groups in total. The van der Waals surface area contributed by atoms with Crippen LogP contribution in [0.5, 0.6) is 5.75 Å². The zero-order valence-corrected chi connectivity index (χ0v) is 13.4. The van der Waals surface area contributed by atoms with Crippen molar-refractivity contribution >= 4 is 39.1 Å². The van der Waals surface area contributed by atoms with Gasteiger partial charge in [0.05, 0.1) is 10.7 Å². The van der Waals surface area contributed by atoms with Crippen molar-refractivity contribution in [1.82, 2.24) is 5.43 Å². The van der Waals surface area contributed by atoms with Gasteiger partial charge in [-0.25, -0.2) is 5.43 Å². The van der Waals surface area contributed by atoms with E-state index in [1.807, 2.05) is 0 Å². The number of halogens is 2. The molecule has 0 radical (unpaired) electrons. The first-order chi connectivity index (χ1) is 10.1. The first-order valence-corrected chi connectivity index (χ1v) is 7.18. The SMILES string of the molecule is C/C(=N/NC(=O)COc1ccc(Cl)cc1Br)c1ccco1. The van der Waals surface area contributed by atoms with E-state index in [0.29, 0.717) is 26.7 Å². The molecule has 2 rings (SSSR count). The van der Waals surface area contributed by atoms with E-state index in [4.69, 9.17) is 20.8 Å². The van der Waals surface area contributed by atoms with Crippen LogP contribution in [-0.4, -0.2) is 18.2 Å². The molecule has 1 amide bonds. The second kappa shape index (κ2) is 7.28. The Morgan fingerprint density at radius 3 is 2.95 bits per heavy atom. The molecule has 0 saturated carbocycles. The molecule has 2 aromatic rings. The van der Waals surface area contributed by atoms with Crippen molar-refractivity contribution in [3.8, 4) is 5.75 Å². The standard InChI is InChI=1S/C14H12BrClN2O3/c1-9(12-3-2-6-20-12)17-18-14(19)8-21-13-5-4-10(16)7-11(13)15/h2-7H,8H2,1H3,(H,18,19)/b17-9-. The highest BCUT2D eigenvalue weighted by atomic mass is 79.9. The number of nitrogens with one attached hydrogen (secondary N) is 1. The van der Waals surface area contributed by atoms with Gasteiger partial charge >= 0.3 is 0 Å². The number of furan rings is 1. The second-order valence-corrected chi connectivity index (χ2v) is 5.36. The zero-order chi connectivity index (χ0) is 15.2. The van der Waals surface area contributed by atoms with Crippen molar-refractivity contribution in [1.29, 1.82) is 0 Å². The topological polar surface area (TPSA) is 63.8 Å². The summed E-state index contributed by atoms with van der Waals surface area (Å²) < 4.78 is 11.2. The van der Waals surface area contributed by atoms with E-state index in [1.165, 1.54) is 6.26 Å². The zero-order valence-electron chi connectivity index (χ0n) is 11.1. The van der Waals surface area contributed by atoms with E-state index in [1.54, 1.807) is 37.3 Å². The van der Waals surface area contributed by atoms with Crippen LogP contribution in [0.25, 0.3) is 0 Å². The van der Waals surface area contributed by atoms with Crippen LogP contribution in [-0.2, 0) is 4.79 Å². The molecule has 1 aromatic heterocycles. The molecule has 5 nitrogen and oxygen atoms in total. The highest BCUT2D eigenvalue weighted by molar-refractivity contribution is 9.10. The van der Waals surface area contributed by atoms with E-state index in [2.05, 4.69) is 26.5 Å². The third-order valence-electron chi connectivity index (χ3n) is 2.48. The molecule has 1 heterocycles. The molecule has 0 fully saturated rings. The van der Waals surface area contributed by atoms with Gasteiger partial charge in [0, 0.05) is 5.02 Å². The third kappa shape index (κ3) is 4.61. The number of carbonyl (C=O) groups is 1. The maximum absolute atomic E-state index is 11.7. The van der Waals surface area contributed by atoms with Gasteiger partial charge in [-0.15, -0.1) is 0 Å². The van der Waals surface area contributed by atoms with Crippen molar-refractivity contribution in [2.45, 2.75) is 6.92 Å². The fourth-order valence-corrected chi connectivity index (χ4v) is 2.25. The smallest absolute Gasteiger partial charge is 0.277 e. The van der Waals surface area contributed by atoms with Gasteiger partial charge in [0.25, 0.3) is 5.91 Å². The number of rotatable bonds is 5. The molecule has 110 valence electrons. The lowest BCUT2D eigenvalue weighted by atomic mass is 10.3. The lowest BCUT2D eigenvalue weighted by Gasteiger charge is -2.07. The molecule has 0 unspecified atom stereocenters. The normalized spacial score (nSPS) is 11.3. The van der Waals surface area contributed by atoms with Gasteiger partial charge < -0.3 is 9.15 Å². The van der Waals surface area contributed by atoms with Gasteiger partial charge in [-0.1, -0.05) is 11.6 Å². The quantitative estimate of drug-likeness (QED) is 0.645. The Bertz CT molecular complexity index is 656. The Morgan fingerprint density at radius 2 is 2.29 bits per heavy atom. The summed E-state index contributed by atoms with van der Waals surface area (Å²) in [5.74, 6) is 0.751. The maximum atomic E-state index is 11.7. The molecular formula is C14H12BrClN2O3. The third-order valence-corrected chi connectivity index (χ3v) is 3.33. The van der Waals surface area contributed by atoms with Gasteiger partial charge in [-0.2, -0.15) is 5.10 Å². The minimum Gasteiger partial charge on any atom is -0.483 e. The van der Waals surface area contributed by atoms with Crippen LogP contribution in [0.1, 0.15) is 12.7 Å². The molecule has 0 atom stereocenters. The van der Waals surface area contributed by atoms with Crippen molar-refractivity contribution in [3.05, 3.63) is 51.9 Å². The molecule has 7 heteroatoms. The predicted octanol–water partition coefficient (Wildman–Crippen LogP) is 3.61. The first-order valence-electron chi connectivity index (χ1n) is 6.01. The Morgan fingerprint density at radius 1 is 1.48 bits per heavy atom. The maximum Gasteiger partial charge on any atom is 0.277 e. The Labute approximate surface area is 135 Å². The number of hydrazone groups is 1. The van der Waals surface area contributed by atoms with Gasteiger partial charge in [0.2, 0.25) is 0 Å². The van der Waals surface area contributed by atoms with Gasteiger partial charge in [0.1, 0.15) is 17.2 Å². The van der Waals surface area contributed by atoms with Crippen molar-refractivity contribution < 1.29 is 13.9 Å². The fraction of sp³-hybridized carbons (Fsp3) is 0.143. The Kier molecular flexibility index (Phi) is 5.41. The van der Waals surface area contributed by atoms with Crippen molar-refractivity contribution in [2.24, 2.45) is 5.10 Å². The minimum atomic E-state index is -0.372. The van der Waals surface area contributed by atoms with E-state index in [-0.39, 0.29) is 12.5 Å². The summed E-state index contributed by atoms with van der Waals surface area (Å²) >= 11 is 9.13. The lowest BCUT2D eigenvalue weighted by molar-refractivity contribution is -0.123. The number of benzene rings is 1. The van der Waals surface area contributed by atoms with Crippen LogP contribution in [0.15, 0.2) is 50.6 Å². The summed E-state index contributed by atoms with van der Waals surface area (Å²) in [5.41, 5.74) is 2.96. The van der Waals surface area contributed by atoms with E-state index in [0.717, 1.165) is 0 Å². The summed E-state index contributed by atoms with van der Waals surface area (Å²) in [5, 5.41) is 4.51. The number of hydrogen-bond donors (Lipinski definition) is 1. The molecule has 0 aliphatic heterocycles. The molecule has 0 bridgehead atoms. The summed E-state index contributed by atoms with van der Waals surface area (Å²) in [4.78, 5) is 11.7. The van der Waals surface area contributed by atoms with Crippen LogP contribution >= 0.6 is 27.5 Å². The average molecular weight is 372 g/mol. The Hall–Kier alpha value is -1.79. The van der Waals surface area contributed by atoms with E-state index in [9.17, 15) is 4.79 Å². The van der Waals surface area contributed by atoms with Gasteiger partial charge in [-0.05, 0) is 53.2 Å². The van der Waals surface area contributed by atoms with Crippen LogP contribution in [0.2, 0.25) is 5.02 Å². The molecule has 0 aliphatic carbocycles. The van der Waals surface area contributed by atoms with Crippen LogP contribution in [0.4, 0.5) is 0 Å². The summed E-state index contributed by atoms with van der Waals surface area (Å²) in [6, 6.07) is 8.55. The number of hydrogen-bond acceptors (Lipinski definition) is 4. The summed E-state index contributed by atoms with van der Waals surface area (Å²) in [7, 11) is 0. The minimum absolute atomic E-state index is 0.158. The molecule has 0 aliphatic rings. The number of nitrogens with zero attached hydrogens (tertiary/aromatic N) is 1. The fourth-order valence-electron chi connectivity index (χ4n) is 1.45. The molecule has 0 saturated heterocycles. The van der Waals surface area contributed by atoms with Crippen LogP contribution < -0.4 is 10.2 Å². The largest absolute Gasteiger partial charge is 0.483 e. The molecule has 21 heavy (non-hydrogen) atoms. The van der Waals surface area contributed by atoms with Crippen LogP contribution in [0.3, 0.4) is 0 Å². The Balaban J connectivity index is 1.86. The second-order valence-electron chi connectivity index (χ2n) is 4.07. The van der Waals surface area contributed by atoms with E-state index >= 15 is 0 Å². The lowest BCUT2D eigenvalue weighted by Crippen LogP contribution is -2.25. The van der Waals surface area contributed by atoms with Gasteiger partial charge in [-0.3, -0.25) is 4.79 Å². The molecular weight excluding hydrogens is 360 g/mol. The van der Waals surface area contributed by atoms with E-state index < -0.39 is 0 Å². The monoisotopic (exact) mass is 370 g/mol. The number of carbonyl (C=O) groups excluding carboxylic acids is 1. The predicted molar refractivity (Wildman–Crippen MR) is 83.7 cm³/mol. The number of amides is 1. The average Bonchev–Trinajstić information content (AvgIpc) is 2.98. The first kappa shape index (κ1) is 15.6.